The number of nitrogens with zero attached hydrogens (tertiary/aromatic N) is 1. The Balaban J connectivity index is 1.69. The molecule has 120 valence electrons. The van der Waals surface area contributed by atoms with Gasteiger partial charge in [-0.1, -0.05) is 42.5 Å². The predicted octanol–water partition coefficient (Wildman–Crippen LogP) is 3.84. The Labute approximate surface area is 153 Å². The van der Waals surface area contributed by atoms with Gasteiger partial charge in [0, 0.05) is 9.13 Å². The Hall–Kier alpha value is -2.41. The standard InChI is InChI=1S/C19H15IN2O2/c20-16-8-9-18(23)15(10-16)12-21-22-19(24)11-14-6-3-5-13-4-1-2-7-17(13)14/h1-10,12,23H,11H2,(H,22,24). The van der Waals surface area contributed by atoms with Crippen LogP contribution in [0.4, 0.5) is 0 Å². The second-order valence-corrected chi connectivity index (χ2v) is 6.56. The molecule has 0 unspecified atom stereocenters. The molecule has 4 nitrogen and oxygen atoms in total. The maximum atomic E-state index is 12.1. The normalized spacial score (nSPS) is 11.0. The lowest BCUT2D eigenvalue weighted by Gasteiger charge is -2.05. The molecule has 0 atom stereocenters. The van der Waals surface area contributed by atoms with E-state index in [9.17, 15) is 9.90 Å². The first-order valence-electron chi connectivity index (χ1n) is 7.40. The number of nitrogens with one attached hydrogen (secondary N) is 1. The largest absolute Gasteiger partial charge is 0.507 e. The number of halogens is 1. The number of phenolic OH excluding ortho intramolecular Hbond substituents is 1. The van der Waals surface area contributed by atoms with Crippen molar-refractivity contribution in [2.75, 3.05) is 0 Å². The number of hydrogen-bond donors (Lipinski definition) is 2. The number of fused-ring (bicyclic) bond motifs is 1. The van der Waals surface area contributed by atoms with E-state index in [1.54, 1.807) is 18.2 Å². The number of amides is 1. The van der Waals surface area contributed by atoms with Crippen LogP contribution in [0.25, 0.3) is 10.8 Å². The van der Waals surface area contributed by atoms with Crippen molar-refractivity contribution >= 4 is 45.5 Å². The summed E-state index contributed by atoms with van der Waals surface area (Å²) < 4.78 is 0.980. The quantitative estimate of drug-likeness (QED) is 0.376. The summed E-state index contributed by atoms with van der Waals surface area (Å²) in [6.45, 7) is 0. The summed E-state index contributed by atoms with van der Waals surface area (Å²) in [6.07, 6.45) is 1.69. The van der Waals surface area contributed by atoms with E-state index < -0.39 is 0 Å². The molecule has 24 heavy (non-hydrogen) atoms. The fraction of sp³-hybridized carbons (Fsp3) is 0.0526. The number of phenols is 1. The van der Waals surface area contributed by atoms with Gasteiger partial charge in [-0.25, -0.2) is 5.43 Å². The fourth-order valence-corrected chi connectivity index (χ4v) is 2.98. The van der Waals surface area contributed by atoms with Crippen LogP contribution in [0.1, 0.15) is 11.1 Å². The fourth-order valence-electron chi connectivity index (χ4n) is 2.46. The van der Waals surface area contributed by atoms with E-state index in [1.165, 1.54) is 6.21 Å². The van der Waals surface area contributed by atoms with Crippen molar-refractivity contribution in [3.8, 4) is 5.75 Å². The van der Waals surface area contributed by atoms with Crippen molar-refractivity contribution in [3.05, 3.63) is 75.4 Å². The molecule has 0 saturated carbocycles. The second-order valence-electron chi connectivity index (χ2n) is 5.31. The molecule has 0 spiro atoms. The van der Waals surface area contributed by atoms with Crippen LogP contribution in [0, 0.1) is 3.57 Å². The third kappa shape index (κ3) is 3.91. The van der Waals surface area contributed by atoms with Gasteiger partial charge in [-0.15, -0.1) is 0 Å². The summed E-state index contributed by atoms with van der Waals surface area (Å²) in [5.74, 6) is -0.0739. The van der Waals surface area contributed by atoms with E-state index in [0.717, 1.165) is 19.9 Å². The molecule has 0 bridgehead atoms. The molecular weight excluding hydrogens is 415 g/mol. The summed E-state index contributed by atoms with van der Waals surface area (Å²) in [6, 6.07) is 19.1. The molecule has 0 saturated heterocycles. The molecule has 1 amide bonds. The first-order chi connectivity index (χ1) is 11.6. The lowest BCUT2D eigenvalue weighted by atomic mass is 10.0. The van der Waals surface area contributed by atoms with E-state index in [1.807, 2.05) is 42.5 Å². The number of benzene rings is 3. The van der Waals surface area contributed by atoms with Gasteiger partial charge in [-0.3, -0.25) is 4.79 Å². The van der Waals surface area contributed by atoms with Crippen LogP contribution in [0.15, 0.2) is 65.8 Å². The van der Waals surface area contributed by atoms with Crippen LogP contribution in [0.2, 0.25) is 0 Å². The number of hydrazone groups is 1. The minimum atomic E-state index is -0.201. The van der Waals surface area contributed by atoms with Gasteiger partial charge < -0.3 is 5.11 Å². The number of carbonyl (C=O) groups excluding carboxylic acids is 1. The van der Waals surface area contributed by atoms with Crippen LogP contribution in [-0.2, 0) is 11.2 Å². The highest BCUT2D eigenvalue weighted by Crippen LogP contribution is 2.19. The van der Waals surface area contributed by atoms with Crippen molar-refractivity contribution in [1.29, 1.82) is 0 Å². The minimum absolute atomic E-state index is 0.127. The smallest absolute Gasteiger partial charge is 0.244 e. The molecule has 3 rings (SSSR count). The summed E-state index contributed by atoms with van der Waals surface area (Å²) in [5, 5.41) is 15.8. The van der Waals surface area contributed by atoms with Crippen molar-refractivity contribution in [1.82, 2.24) is 5.43 Å². The Morgan fingerprint density at radius 2 is 1.92 bits per heavy atom. The summed E-state index contributed by atoms with van der Waals surface area (Å²) in [4.78, 5) is 12.1. The van der Waals surface area contributed by atoms with Crippen LogP contribution < -0.4 is 5.43 Å². The Bertz CT molecular complexity index is 917. The highest BCUT2D eigenvalue weighted by Gasteiger charge is 2.06. The van der Waals surface area contributed by atoms with Gasteiger partial charge >= 0.3 is 0 Å². The monoisotopic (exact) mass is 430 g/mol. The third-order valence-electron chi connectivity index (χ3n) is 3.61. The lowest BCUT2D eigenvalue weighted by Crippen LogP contribution is -2.19. The molecule has 0 aliphatic rings. The van der Waals surface area contributed by atoms with E-state index in [4.69, 9.17) is 0 Å². The summed E-state index contributed by atoms with van der Waals surface area (Å²) in [5.41, 5.74) is 4.03. The maximum absolute atomic E-state index is 12.1. The van der Waals surface area contributed by atoms with Crippen LogP contribution >= 0.6 is 22.6 Å². The van der Waals surface area contributed by atoms with Crippen LogP contribution in [-0.4, -0.2) is 17.2 Å². The summed E-state index contributed by atoms with van der Waals surface area (Å²) in [7, 11) is 0. The van der Waals surface area contributed by atoms with Gasteiger partial charge in [0.15, 0.2) is 0 Å². The second kappa shape index (κ2) is 7.44. The Morgan fingerprint density at radius 1 is 1.12 bits per heavy atom. The molecule has 0 aliphatic carbocycles. The average molecular weight is 430 g/mol. The lowest BCUT2D eigenvalue weighted by molar-refractivity contribution is -0.120. The van der Waals surface area contributed by atoms with E-state index in [-0.39, 0.29) is 18.1 Å². The van der Waals surface area contributed by atoms with Gasteiger partial charge in [0.25, 0.3) is 0 Å². The molecule has 0 aliphatic heterocycles. The first-order valence-corrected chi connectivity index (χ1v) is 8.48. The van der Waals surface area contributed by atoms with Crippen LogP contribution in [0.5, 0.6) is 5.75 Å². The predicted molar refractivity (Wildman–Crippen MR) is 104 cm³/mol. The van der Waals surface area contributed by atoms with E-state index in [2.05, 4.69) is 33.1 Å². The van der Waals surface area contributed by atoms with Crippen molar-refractivity contribution < 1.29 is 9.90 Å². The van der Waals surface area contributed by atoms with Gasteiger partial charge in [0.2, 0.25) is 5.91 Å². The average Bonchev–Trinajstić information content (AvgIpc) is 2.58. The highest BCUT2D eigenvalue weighted by molar-refractivity contribution is 14.1. The van der Waals surface area contributed by atoms with E-state index >= 15 is 0 Å². The van der Waals surface area contributed by atoms with Crippen molar-refractivity contribution in [3.63, 3.8) is 0 Å². The molecule has 0 fully saturated rings. The number of rotatable bonds is 4. The minimum Gasteiger partial charge on any atom is -0.507 e. The van der Waals surface area contributed by atoms with Gasteiger partial charge in [0.05, 0.1) is 12.6 Å². The van der Waals surface area contributed by atoms with Gasteiger partial charge in [-0.05, 0) is 57.1 Å². The molecular formula is C19H15IN2O2. The molecule has 3 aromatic carbocycles. The molecule has 0 aromatic heterocycles. The SMILES string of the molecule is O=C(Cc1cccc2ccccc12)NN=Cc1cc(I)ccc1O. The van der Waals surface area contributed by atoms with Crippen molar-refractivity contribution in [2.45, 2.75) is 6.42 Å². The number of aromatic hydroxyl groups is 1. The topological polar surface area (TPSA) is 61.7 Å². The zero-order valence-corrected chi connectivity index (χ0v) is 14.9. The highest BCUT2D eigenvalue weighted by atomic mass is 127. The van der Waals surface area contributed by atoms with Gasteiger partial charge in [-0.2, -0.15) is 5.10 Å². The van der Waals surface area contributed by atoms with Gasteiger partial charge in [0.1, 0.15) is 5.75 Å². The molecule has 0 heterocycles. The van der Waals surface area contributed by atoms with Crippen molar-refractivity contribution in [2.24, 2.45) is 5.10 Å². The Kier molecular flexibility index (Phi) is 5.10. The maximum Gasteiger partial charge on any atom is 0.244 e. The molecule has 2 N–H and O–H groups in total. The molecule has 3 aromatic rings. The summed E-state index contributed by atoms with van der Waals surface area (Å²) >= 11 is 2.15. The zero-order valence-electron chi connectivity index (χ0n) is 12.7. The third-order valence-corrected chi connectivity index (χ3v) is 4.28. The number of carbonyl (C=O) groups is 1. The van der Waals surface area contributed by atoms with E-state index in [0.29, 0.717) is 5.56 Å². The first kappa shape index (κ1) is 16.4. The molecule has 0 radical (unpaired) electrons. The Morgan fingerprint density at radius 3 is 2.79 bits per heavy atom. The molecule has 5 heteroatoms. The zero-order chi connectivity index (χ0) is 16.9. The number of hydrogen-bond acceptors (Lipinski definition) is 3. The van der Waals surface area contributed by atoms with Crippen LogP contribution in [0.3, 0.4) is 0 Å².